The number of carbonyl (C=O) groups is 1. The van der Waals surface area contributed by atoms with Crippen LogP contribution in [-0.2, 0) is 11.2 Å². The Morgan fingerprint density at radius 1 is 1.53 bits per heavy atom. The van der Waals surface area contributed by atoms with Crippen molar-refractivity contribution in [3.63, 3.8) is 0 Å². The lowest BCUT2D eigenvalue weighted by Gasteiger charge is -2.18. The van der Waals surface area contributed by atoms with Gasteiger partial charge in [-0.1, -0.05) is 17.8 Å². The molecular weight excluding hydrogens is 269 g/mol. The van der Waals surface area contributed by atoms with E-state index in [2.05, 4.69) is 0 Å². The number of thioether (sulfide) groups is 1. The monoisotopic (exact) mass is 283 g/mol. The van der Waals surface area contributed by atoms with Crippen molar-refractivity contribution in [1.29, 1.82) is 5.26 Å². The van der Waals surface area contributed by atoms with Crippen LogP contribution >= 0.6 is 11.8 Å². The predicted octanol–water partition coefficient (Wildman–Crippen LogP) is 1.57. The molecule has 2 N–H and O–H groups in total. The fourth-order valence-corrected chi connectivity index (χ4v) is 2.10. The summed E-state index contributed by atoms with van der Waals surface area (Å²) < 4.78 is 13.3. The summed E-state index contributed by atoms with van der Waals surface area (Å²) in [4.78, 5) is 10.8. The number of benzene rings is 1. The highest BCUT2D eigenvalue weighted by molar-refractivity contribution is 8.13. The van der Waals surface area contributed by atoms with Crippen LogP contribution in [0, 0.1) is 17.1 Å². The molecule has 1 rings (SSSR count). The largest absolute Gasteiger partial charge is 0.389 e. The lowest BCUT2D eigenvalue weighted by Crippen LogP contribution is -2.21. The molecule has 0 aromatic heterocycles. The Bertz CT molecular complexity index is 501. The van der Waals surface area contributed by atoms with Crippen LogP contribution in [0.3, 0.4) is 0 Å². The van der Waals surface area contributed by atoms with Crippen LogP contribution in [0.4, 0.5) is 4.39 Å². The molecule has 0 radical (unpaired) electrons. The zero-order valence-electron chi connectivity index (χ0n) is 10.3. The van der Waals surface area contributed by atoms with Crippen LogP contribution in [0.15, 0.2) is 18.2 Å². The van der Waals surface area contributed by atoms with Gasteiger partial charge in [-0.2, -0.15) is 5.26 Å². The van der Waals surface area contributed by atoms with E-state index in [0.717, 1.165) is 17.8 Å². The van der Waals surface area contributed by atoms with Gasteiger partial charge in [-0.05, 0) is 17.7 Å². The number of carbonyl (C=O) groups excluding carboxylic acids is 1. The molecule has 2 atom stereocenters. The smallest absolute Gasteiger partial charge is 0.185 e. The maximum atomic E-state index is 13.3. The van der Waals surface area contributed by atoms with Crippen molar-refractivity contribution in [2.75, 3.05) is 5.75 Å². The van der Waals surface area contributed by atoms with Gasteiger partial charge < -0.3 is 10.2 Å². The lowest BCUT2D eigenvalue weighted by atomic mass is 10.0. The molecule has 19 heavy (non-hydrogen) atoms. The van der Waals surface area contributed by atoms with Crippen molar-refractivity contribution in [2.45, 2.75) is 25.6 Å². The second-order valence-electron chi connectivity index (χ2n) is 4.00. The van der Waals surface area contributed by atoms with Gasteiger partial charge in [0.05, 0.1) is 18.6 Å². The zero-order valence-corrected chi connectivity index (χ0v) is 11.2. The van der Waals surface area contributed by atoms with Gasteiger partial charge in [0.2, 0.25) is 0 Å². The Hall–Kier alpha value is -1.42. The normalized spacial score (nSPS) is 13.6. The molecule has 0 fully saturated rings. The summed E-state index contributed by atoms with van der Waals surface area (Å²) in [5, 5.41) is 28.0. The minimum atomic E-state index is -1.22. The Labute approximate surface area is 114 Å². The molecule has 4 nitrogen and oxygen atoms in total. The molecule has 0 bridgehead atoms. The number of hydrogen-bond donors (Lipinski definition) is 2. The van der Waals surface area contributed by atoms with E-state index in [-0.39, 0.29) is 22.9 Å². The summed E-state index contributed by atoms with van der Waals surface area (Å²) in [6.07, 6.45) is -2.45. The lowest BCUT2D eigenvalue weighted by molar-refractivity contribution is -0.109. The maximum Gasteiger partial charge on any atom is 0.185 e. The van der Waals surface area contributed by atoms with Crippen LogP contribution in [0.5, 0.6) is 0 Å². The van der Waals surface area contributed by atoms with Gasteiger partial charge in [0, 0.05) is 18.2 Å². The van der Waals surface area contributed by atoms with Gasteiger partial charge in [0.1, 0.15) is 11.9 Å². The fraction of sp³-hybridized carbons (Fsp3) is 0.385. The molecule has 0 amide bonds. The molecule has 0 aliphatic heterocycles. The first-order valence-corrected chi connectivity index (χ1v) is 6.59. The Balaban J connectivity index is 2.81. The van der Waals surface area contributed by atoms with E-state index in [1.807, 2.05) is 6.07 Å². The molecule has 0 saturated carbocycles. The van der Waals surface area contributed by atoms with E-state index < -0.39 is 18.0 Å². The van der Waals surface area contributed by atoms with Crippen molar-refractivity contribution in [3.8, 4) is 6.07 Å². The van der Waals surface area contributed by atoms with E-state index in [4.69, 9.17) is 5.26 Å². The fourth-order valence-electron chi connectivity index (χ4n) is 1.52. The predicted molar refractivity (Wildman–Crippen MR) is 69.8 cm³/mol. The Kier molecular flexibility index (Phi) is 5.96. The first-order valence-electron chi connectivity index (χ1n) is 5.60. The number of nitriles is 1. The zero-order chi connectivity index (χ0) is 14.4. The van der Waals surface area contributed by atoms with Crippen LogP contribution in [0.1, 0.15) is 24.2 Å². The number of nitrogens with zero attached hydrogens (tertiary/aromatic N) is 1. The van der Waals surface area contributed by atoms with Crippen molar-refractivity contribution < 1.29 is 19.4 Å². The third kappa shape index (κ3) is 4.63. The van der Waals surface area contributed by atoms with Crippen LogP contribution in [0.2, 0.25) is 0 Å². The standard InChI is InChI=1S/C13H14FNO3S/c1-8(16)19-7-12(17)13(18)10-2-3-11(14)9(6-10)4-5-15/h2-3,6,12-13,17-18H,4,7H2,1H3. The minimum Gasteiger partial charge on any atom is -0.389 e. The van der Waals surface area contributed by atoms with Gasteiger partial charge in [0.25, 0.3) is 0 Å². The molecule has 2 unspecified atom stereocenters. The second-order valence-corrected chi connectivity index (χ2v) is 5.20. The van der Waals surface area contributed by atoms with Crippen molar-refractivity contribution in [2.24, 2.45) is 0 Å². The number of rotatable bonds is 5. The Morgan fingerprint density at radius 3 is 2.79 bits per heavy atom. The minimum absolute atomic E-state index is 0.0570. The van der Waals surface area contributed by atoms with Gasteiger partial charge in [0.15, 0.2) is 5.12 Å². The Morgan fingerprint density at radius 2 is 2.21 bits per heavy atom. The highest BCUT2D eigenvalue weighted by Crippen LogP contribution is 2.22. The molecule has 0 aliphatic carbocycles. The summed E-state index contributed by atoms with van der Waals surface area (Å²) in [5.41, 5.74) is 0.494. The molecule has 1 aromatic carbocycles. The van der Waals surface area contributed by atoms with Crippen molar-refractivity contribution in [3.05, 3.63) is 35.1 Å². The van der Waals surface area contributed by atoms with E-state index >= 15 is 0 Å². The third-order valence-electron chi connectivity index (χ3n) is 2.50. The van der Waals surface area contributed by atoms with Gasteiger partial charge in [-0.25, -0.2) is 4.39 Å². The summed E-state index contributed by atoms with van der Waals surface area (Å²) in [6.45, 7) is 1.37. The molecule has 6 heteroatoms. The molecule has 0 heterocycles. The number of halogens is 1. The molecule has 0 spiro atoms. The molecule has 0 aliphatic rings. The van der Waals surface area contributed by atoms with E-state index in [0.29, 0.717) is 5.56 Å². The topological polar surface area (TPSA) is 81.3 Å². The van der Waals surface area contributed by atoms with Crippen LogP contribution in [-0.4, -0.2) is 27.2 Å². The average molecular weight is 283 g/mol. The molecule has 1 aromatic rings. The van der Waals surface area contributed by atoms with Gasteiger partial charge in [-0.15, -0.1) is 0 Å². The average Bonchev–Trinajstić information content (AvgIpc) is 2.38. The van der Waals surface area contributed by atoms with Gasteiger partial charge in [-0.3, -0.25) is 4.79 Å². The summed E-state index contributed by atoms with van der Waals surface area (Å²) in [7, 11) is 0. The summed E-state index contributed by atoms with van der Waals surface area (Å²) >= 11 is 0.905. The second kappa shape index (κ2) is 7.24. The third-order valence-corrected chi connectivity index (χ3v) is 3.42. The number of aliphatic hydroxyl groups excluding tert-OH is 2. The van der Waals surface area contributed by atoms with Crippen LogP contribution < -0.4 is 0 Å². The molecule has 102 valence electrons. The van der Waals surface area contributed by atoms with Crippen molar-refractivity contribution in [1.82, 2.24) is 0 Å². The van der Waals surface area contributed by atoms with Crippen molar-refractivity contribution >= 4 is 16.9 Å². The van der Waals surface area contributed by atoms with Gasteiger partial charge >= 0.3 is 0 Å². The quantitative estimate of drug-likeness (QED) is 0.857. The molecular formula is C13H14FNO3S. The highest BCUT2D eigenvalue weighted by Gasteiger charge is 2.20. The van der Waals surface area contributed by atoms with E-state index in [1.165, 1.54) is 19.1 Å². The highest BCUT2D eigenvalue weighted by atomic mass is 32.2. The number of aliphatic hydroxyl groups is 2. The molecule has 0 saturated heterocycles. The van der Waals surface area contributed by atoms with E-state index in [1.54, 1.807) is 0 Å². The summed E-state index contributed by atoms with van der Waals surface area (Å²) in [6, 6.07) is 5.68. The SMILES string of the molecule is CC(=O)SCC(O)C(O)c1ccc(F)c(CC#N)c1. The number of hydrogen-bond acceptors (Lipinski definition) is 5. The first kappa shape index (κ1) is 15.6. The summed E-state index contributed by atoms with van der Waals surface area (Å²) in [5.74, 6) is -0.466. The first-order chi connectivity index (χ1) is 8.95. The van der Waals surface area contributed by atoms with Crippen LogP contribution in [0.25, 0.3) is 0 Å². The van der Waals surface area contributed by atoms with E-state index in [9.17, 15) is 19.4 Å². The maximum absolute atomic E-state index is 13.3.